The van der Waals surface area contributed by atoms with E-state index in [1.54, 1.807) is 0 Å². The Morgan fingerprint density at radius 2 is 1.56 bits per heavy atom. The van der Waals surface area contributed by atoms with Gasteiger partial charge in [0.25, 0.3) is 0 Å². The highest BCUT2D eigenvalue weighted by molar-refractivity contribution is 5.32. The van der Waals surface area contributed by atoms with Gasteiger partial charge in [0, 0.05) is 6.61 Å². The molecule has 0 heterocycles. The minimum atomic E-state index is 0.304. The van der Waals surface area contributed by atoms with Crippen LogP contribution in [0.1, 0.15) is 36.8 Å². The Morgan fingerprint density at radius 3 is 2.19 bits per heavy atom. The number of aryl methyl sites for hydroxylation is 2. The van der Waals surface area contributed by atoms with Gasteiger partial charge in [-0.15, -0.1) is 0 Å². The van der Waals surface area contributed by atoms with Gasteiger partial charge in [-0.3, -0.25) is 0 Å². The van der Waals surface area contributed by atoms with E-state index in [2.05, 4.69) is 32.0 Å². The lowest BCUT2D eigenvalue weighted by molar-refractivity contribution is 0.273. The lowest BCUT2D eigenvalue weighted by Crippen LogP contribution is -1.98. The zero-order valence-electron chi connectivity index (χ0n) is 10.3. The number of benzene rings is 1. The lowest BCUT2D eigenvalue weighted by atomic mass is 10.1. The molecule has 0 fully saturated rings. The molecule has 0 aliphatic carbocycles. The highest BCUT2D eigenvalue weighted by Crippen LogP contribution is 2.16. The van der Waals surface area contributed by atoms with Gasteiger partial charge in [-0.2, -0.15) is 0 Å². The lowest BCUT2D eigenvalue weighted by Gasteiger charge is -2.08. The van der Waals surface area contributed by atoms with Gasteiger partial charge in [-0.1, -0.05) is 12.5 Å². The van der Waals surface area contributed by atoms with E-state index in [0.717, 1.165) is 38.0 Å². The number of aliphatic hydroxyl groups is 1. The van der Waals surface area contributed by atoms with E-state index < -0.39 is 0 Å². The number of hydrogen-bond acceptors (Lipinski definition) is 2. The number of rotatable bonds is 7. The summed E-state index contributed by atoms with van der Waals surface area (Å²) < 4.78 is 5.69. The average molecular weight is 222 g/mol. The summed E-state index contributed by atoms with van der Waals surface area (Å²) >= 11 is 0. The molecular formula is C14H22O2. The van der Waals surface area contributed by atoms with Gasteiger partial charge >= 0.3 is 0 Å². The van der Waals surface area contributed by atoms with E-state index in [4.69, 9.17) is 9.84 Å². The molecule has 0 aromatic heterocycles. The summed E-state index contributed by atoms with van der Waals surface area (Å²) in [4.78, 5) is 0. The maximum absolute atomic E-state index is 8.63. The van der Waals surface area contributed by atoms with Gasteiger partial charge in [0.1, 0.15) is 5.75 Å². The van der Waals surface area contributed by atoms with Crippen molar-refractivity contribution in [2.75, 3.05) is 13.2 Å². The van der Waals surface area contributed by atoms with Crippen LogP contribution < -0.4 is 4.74 Å². The fourth-order valence-electron chi connectivity index (χ4n) is 1.77. The topological polar surface area (TPSA) is 29.5 Å². The maximum Gasteiger partial charge on any atom is 0.119 e. The highest BCUT2D eigenvalue weighted by atomic mass is 16.5. The van der Waals surface area contributed by atoms with E-state index >= 15 is 0 Å². The Balaban J connectivity index is 2.21. The maximum atomic E-state index is 8.63. The molecule has 0 spiro atoms. The van der Waals surface area contributed by atoms with Gasteiger partial charge in [0.05, 0.1) is 6.61 Å². The van der Waals surface area contributed by atoms with Crippen LogP contribution in [-0.2, 0) is 0 Å². The number of aliphatic hydroxyl groups excluding tert-OH is 1. The van der Waals surface area contributed by atoms with E-state index in [-0.39, 0.29) is 0 Å². The van der Waals surface area contributed by atoms with Crippen LogP contribution in [0.15, 0.2) is 18.2 Å². The van der Waals surface area contributed by atoms with Crippen molar-refractivity contribution in [3.8, 4) is 5.75 Å². The summed E-state index contributed by atoms with van der Waals surface area (Å²) in [5.41, 5.74) is 2.49. The minimum absolute atomic E-state index is 0.304. The molecule has 0 aliphatic rings. The monoisotopic (exact) mass is 222 g/mol. The summed E-state index contributed by atoms with van der Waals surface area (Å²) in [6.45, 7) is 5.24. The Morgan fingerprint density at radius 1 is 0.938 bits per heavy atom. The fraction of sp³-hybridized carbons (Fsp3) is 0.571. The number of unbranched alkanes of at least 4 members (excludes halogenated alkanes) is 3. The molecule has 16 heavy (non-hydrogen) atoms. The summed E-state index contributed by atoms with van der Waals surface area (Å²) in [6.07, 6.45) is 4.19. The van der Waals surface area contributed by atoms with E-state index in [9.17, 15) is 0 Å². The van der Waals surface area contributed by atoms with Gasteiger partial charge < -0.3 is 9.84 Å². The molecule has 1 N–H and O–H groups in total. The molecule has 0 saturated carbocycles. The summed E-state index contributed by atoms with van der Waals surface area (Å²) in [5, 5.41) is 8.63. The molecule has 0 amide bonds. The Hall–Kier alpha value is -1.02. The normalized spacial score (nSPS) is 10.4. The zero-order valence-corrected chi connectivity index (χ0v) is 10.3. The molecule has 1 aromatic carbocycles. The molecule has 0 aliphatic heterocycles. The second kappa shape index (κ2) is 7.29. The third-order valence-electron chi connectivity index (χ3n) is 2.52. The van der Waals surface area contributed by atoms with E-state index in [1.165, 1.54) is 11.1 Å². The molecule has 1 aromatic rings. The van der Waals surface area contributed by atoms with Crippen molar-refractivity contribution in [3.63, 3.8) is 0 Å². The van der Waals surface area contributed by atoms with Crippen molar-refractivity contribution >= 4 is 0 Å². The first-order chi connectivity index (χ1) is 7.72. The predicted molar refractivity (Wildman–Crippen MR) is 67.0 cm³/mol. The van der Waals surface area contributed by atoms with Gasteiger partial charge in [0.2, 0.25) is 0 Å². The molecular weight excluding hydrogens is 200 g/mol. The van der Waals surface area contributed by atoms with Crippen LogP contribution in [0.2, 0.25) is 0 Å². The van der Waals surface area contributed by atoms with Crippen LogP contribution in [0.3, 0.4) is 0 Å². The number of hydrogen-bond donors (Lipinski definition) is 1. The summed E-state index contributed by atoms with van der Waals surface area (Å²) in [5.74, 6) is 0.972. The largest absolute Gasteiger partial charge is 0.494 e. The molecule has 0 unspecified atom stereocenters. The molecule has 90 valence electrons. The second-order valence-electron chi connectivity index (χ2n) is 4.31. The molecule has 0 radical (unpaired) electrons. The first-order valence-electron chi connectivity index (χ1n) is 6.04. The quantitative estimate of drug-likeness (QED) is 0.718. The zero-order chi connectivity index (χ0) is 11.8. The van der Waals surface area contributed by atoms with Crippen molar-refractivity contribution in [2.45, 2.75) is 39.5 Å². The molecule has 2 nitrogen and oxygen atoms in total. The van der Waals surface area contributed by atoms with Gasteiger partial charge in [-0.05, 0) is 56.4 Å². The van der Waals surface area contributed by atoms with E-state index in [0.29, 0.717) is 6.61 Å². The van der Waals surface area contributed by atoms with Crippen LogP contribution in [0.5, 0.6) is 5.75 Å². The van der Waals surface area contributed by atoms with Gasteiger partial charge in [0.15, 0.2) is 0 Å². The molecule has 0 bridgehead atoms. The van der Waals surface area contributed by atoms with Crippen LogP contribution >= 0.6 is 0 Å². The fourth-order valence-corrected chi connectivity index (χ4v) is 1.77. The molecule has 2 heteroatoms. The Kier molecular flexibility index (Phi) is 5.94. The minimum Gasteiger partial charge on any atom is -0.494 e. The standard InChI is InChI=1S/C14H22O2/c1-12-9-13(2)11-14(10-12)16-8-6-4-3-5-7-15/h9-11,15H,3-8H2,1-2H3. The summed E-state index contributed by atoms with van der Waals surface area (Å²) in [6, 6.07) is 6.29. The number of ether oxygens (including phenoxy) is 1. The summed E-state index contributed by atoms with van der Waals surface area (Å²) in [7, 11) is 0. The average Bonchev–Trinajstić information content (AvgIpc) is 2.22. The first-order valence-corrected chi connectivity index (χ1v) is 6.04. The molecule has 0 saturated heterocycles. The van der Waals surface area contributed by atoms with Crippen LogP contribution in [0.4, 0.5) is 0 Å². The Labute approximate surface area is 98.3 Å². The SMILES string of the molecule is Cc1cc(C)cc(OCCCCCCO)c1. The van der Waals surface area contributed by atoms with Crippen LogP contribution in [0, 0.1) is 13.8 Å². The third-order valence-corrected chi connectivity index (χ3v) is 2.52. The Bertz CT molecular complexity index is 287. The van der Waals surface area contributed by atoms with Crippen molar-refractivity contribution in [2.24, 2.45) is 0 Å². The third kappa shape index (κ3) is 5.17. The van der Waals surface area contributed by atoms with Crippen molar-refractivity contribution in [1.29, 1.82) is 0 Å². The van der Waals surface area contributed by atoms with Crippen LogP contribution in [0.25, 0.3) is 0 Å². The predicted octanol–water partition coefficient (Wildman–Crippen LogP) is 3.23. The smallest absolute Gasteiger partial charge is 0.119 e. The van der Waals surface area contributed by atoms with Crippen molar-refractivity contribution in [3.05, 3.63) is 29.3 Å². The van der Waals surface area contributed by atoms with E-state index in [1.807, 2.05) is 0 Å². The van der Waals surface area contributed by atoms with Crippen molar-refractivity contribution < 1.29 is 9.84 Å². The molecule has 0 atom stereocenters. The second-order valence-corrected chi connectivity index (χ2v) is 4.31. The molecule has 1 rings (SSSR count). The first kappa shape index (κ1) is 13.0. The highest BCUT2D eigenvalue weighted by Gasteiger charge is 1.96. The van der Waals surface area contributed by atoms with Gasteiger partial charge in [-0.25, -0.2) is 0 Å². The van der Waals surface area contributed by atoms with Crippen LogP contribution in [-0.4, -0.2) is 18.3 Å². The van der Waals surface area contributed by atoms with Crippen molar-refractivity contribution in [1.82, 2.24) is 0 Å².